The van der Waals surface area contributed by atoms with Gasteiger partial charge in [-0.25, -0.2) is 0 Å². The Balaban J connectivity index is 1.85. The second kappa shape index (κ2) is 7.19. The molecule has 23 heavy (non-hydrogen) atoms. The lowest BCUT2D eigenvalue weighted by atomic mass is 10.0. The van der Waals surface area contributed by atoms with Crippen molar-refractivity contribution in [2.45, 2.75) is 13.0 Å². The largest absolute Gasteiger partial charge is 0.309 e. The first kappa shape index (κ1) is 16.1. The van der Waals surface area contributed by atoms with Gasteiger partial charge in [-0.3, -0.25) is 14.4 Å². The van der Waals surface area contributed by atoms with Crippen LogP contribution in [0.5, 0.6) is 0 Å². The zero-order chi connectivity index (χ0) is 16.2. The number of benzene rings is 1. The van der Waals surface area contributed by atoms with Gasteiger partial charge in [-0.2, -0.15) is 16.9 Å². The third-order valence-electron chi connectivity index (χ3n) is 4.03. The van der Waals surface area contributed by atoms with Gasteiger partial charge in [0.15, 0.2) is 0 Å². The Morgan fingerprint density at radius 3 is 2.57 bits per heavy atom. The van der Waals surface area contributed by atoms with E-state index in [0.29, 0.717) is 0 Å². The first-order valence-corrected chi connectivity index (χ1v) is 8.99. The van der Waals surface area contributed by atoms with Gasteiger partial charge in [-0.05, 0) is 12.5 Å². The SMILES string of the molecule is Cc1cc(NC(=O)C(c2ccccc2)N2CCSCC2)n(C)n1. The van der Waals surface area contributed by atoms with Gasteiger partial charge in [-0.1, -0.05) is 30.3 Å². The molecule has 1 aliphatic heterocycles. The Labute approximate surface area is 141 Å². The fourth-order valence-corrected chi connectivity index (χ4v) is 3.85. The number of carbonyl (C=O) groups is 1. The molecule has 1 saturated heterocycles. The maximum atomic E-state index is 13.0. The molecule has 122 valence electrons. The quantitative estimate of drug-likeness (QED) is 0.935. The molecular weight excluding hydrogens is 308 g/mol. The Morgan fingerprint density at radius 1 is 1.26 bits per heavy atom. The number of hydrogen-bond acceptors (Lipinski definition) is 4. The van der Waals surface area contributed by atoms with E-state index in [2.05, 4.69) is 15.3 Å². The van der Waals surface area contributed by atoms with Crippen LogP contribution in [0.4, 0.5) is 5.82 Å². The van der Waals surface area contributed by atoms with E-state index in [1.165, 1.54) is 0 Å². The highest BCUT2D eigenvalue weighted by Gasteiger charge is 2.29. The molecule has 2 aromatic rings. The lowest BCUT2D eigenvalue weighted by Crippen LogP contribution is -2.42. The highest BCUT2D eigenvalue weighted by Crippen LogP contribution is 2.26. The van der Waals surface area contributed by atoms with Gasteiger partial charge >= 0.3 is 0 Å². The summed E-state index contributed by atoms with van der Waals surface area (Å²) in [4.78, 5) is 15.2. The molecule has 1 unspecified atom stereocenters. The van der Waals surface area contributed by atoms with Crippen LogP contribution in [0.2, 0.25) is 0 Å². The molecular formula is C17H22N4OS. The van der Waals surface area contributed by atoms with Gasteiger partial charge in [0, 0.05) is 37.7 Å². The van der Waals surface area contributed by atoms with E-state index in [4.69, 9.17) is 0 Å². The molecule has 1 aliphatic rings. The first-order valence-electron chi connectivity index (χ1n) is 7.83. The summed E-state index contributed by atoms with van der Waals surface area (Å²) in [5.41, 5.74) is 1.93. The maximum absolute atomic E-state index is 13.0. The summed E-state index contributed by atoms with van der Waals surface area (Å²) in [5.74, 6) is 2.88. The Bertz CT molecular complexity index is 664. The number of nitrogens with one attached hydrogen (secondary N) is 1. The summed E-state index contributed by atoms with van der Waals surface area (Å²) in [7, 11) is 1.84. The summed E-state index contributed by atoms with van der Waals surface area (Å²) in [6, 6.07) is 11.7. The number of carbonyl (C=O) groups excluding carboxylic acids is 1. The number of aryl methyl sites for hydroxylation is 2. The fraction of sp³-hybridized carbons (Fsp3) is 0.412. The molecule has 5 nitrogen and oxygen atoms in total. The summed E-state index contributed by atoms with van der Waals surface area (Å²) in [6.07, 6.45) is 0. The van der Waals surface area contributed by atoms with Crippen LogP contribution in [0.3, 0.4) is 0 Å². The van der Waals surface area contributed by atoms with Crippen molar-refractivity contribution in [3.05, 3.63) is 47.7 Å². The van der Waals surface area contributed by atoms with E-state index < -0.39 is 0 Å². The second-order valence-corrected chi connectivity index (χ2v) is 6.97. The molecule has 1 N–H and O–H groups in total. The lowest BCUT2D eigenvalue weighted by molar-refractivity contribution is -0.121. The molecule has 0 saturated carbocycles. The van der Waals surface area contributed by atoms with Crippen molar-refractivity contribution in [1.82, 2.24) is 14.7 Å². The Morgan fingerprint density at radius 2 is 1.96 bits per heavy atom. The van der Waals surface area contributed by atoms with E-state index in [-0.39, 0.29) is 11.9 Å². The molecule has 0 spiro atoms. The topological polar surface area (TPSA) is 50.2 Å². The van der Waals surface area contributed by atoms with Gasteiger partial charge in [0.2, 0.25) is 5.91 Å². The van der Waals surface area contributed by atoms with E-state index in [1.807, 2.05) is 62.1 Å². The molecule has 1 aromatic heterocycles. The van der Waals surface area contributed by atoms with Crippen LogP contribution in [0, 0.1) is 6.92 Å². The lowest BCUT2D eigenvalue weighted by Gasteiger charge is -2.33. The molecule has 1 atom stereocenters. The average Bonchev–Trinajstić information content (AvgIpc) is 2.87. The van der Waals surface area contributed by atoms with Gasteiger partial charge < -0.3 is 5.32 Å². The van der Waals surface area contributed by atoms with Crippen molar-refractivity contribution < 1.29 is 4.79 Å². The smallest absolute Gasteiger partial charge is 0.247 e. The Kier molecular flexibility index (Phi) is 5.03. The number of aromatic nitrogens is 2. The number of amides is 1. The molecule has 0 aliphatic carbocycles. The summed E-state index contributed by atoms with van der Waals surface area (Å²) in [5, 5.41) is 7.33. The van der Waals surface area contributed by atoms with Crippen LogP contribution in [-0.2, 0) is 11.8 Å². The highest BCUT2D eigenvalue weighted by molar-refractivity contribution is 7.99. The Hall–Kier alpha value is -1.79. The van der Waals surface area contributed by atoms with Crippen LogP contribution in [0.1, 0.15) is 17.3 Å². The van der Waals surface area contributed by atoms with E-state index >= 15 is 0 Å². The molecule has 1 fully saturated rings. The van der Waals surface area contributed by atoms with E-state index in [9.17, 15) is 4.79 Å². The standard InChI is InChI=1S/C17H22N4OS/c1-13-12-15(20(2)19-13)18-17(22)16(14-6-4-3-5-7-14)21-8-10-23-11-9-21/h3-7,12,16H,8-11H2,1-2H3,(H,18,22). The molecule has 3 rings (SSSR count). The second-order valence-electron chi connectivity index (χ2n) is 5.75. The molecule has 2 heterocycles. The van der Waals surface area contributed by atoms with Gasteiger partial charge in [0.25, 0.3) is 0 Å². The number of thioether (sulfide) groups is 1. The van der Waals surface area contributed by atoms with Crippen LogP contribution >= 0.6 is 11.8 Å². The molecule has 6 heteroatoms. The van der Waals surface area contributed by atoms with Crippen LogP contribution < -0.4 is 5.32 Å². The monoisotopic (exact) mass is 330 g/mol. The van der Waals surface area contributed by atoms with Crippen molar-refractivity contribution in [3.8, 4) is 0 Å². The first-order chi connectivity index (χ1) is 11.1. The minimum atomic E-state index is -0.257. The fourth-order valence-electron chi connectivity index (χ4n) is 2.92. The average molecular weight is 330 g/mol. The minimum Gasteiger partial charge on any atom is -0.309 e. The summed E-state index contributed by atoms with van der Waals surface area (Å²) >= 11 is 1.95. The van der Waals surface area contributed by atoms with Crippen molar-refractivity contribution in [2.75, 3.05) is 29.9 Å². The molecule has 1 amide bonds. The normalized spacial score (nSPS) is 17.0. The molecule has 1 aromatic carbocycles. The van der Waals surface area contributed by atoms with Crippen molar-refractivity contribution >= 4 is 23.5 Å². The van der Waals surface area contributed by atoms with Crippen LogP contribution in [0.15, 0.2) is 36.4 Å². The van der Waals surface area contributed by atoms with Gasteiger partial charge in [0.1, 0.15) is 11.9 Å². The van der Waals surface area contributed by atoms with Crippen molar-refractivity contribution in [1.29, 1.82) is 0 Å². The summed E-state index contributed by atoms with van der Waals surface area (Å²) < 4.78 is 1.71. The van der Waals surface area contributed by atoms with Crippen LogP contribution in [-0.4, -0.2) is 45.2 Å². The van der Waals surface area contributed by atoms with E-state index in [1.54, 1.807) is 4.68 Å². The summed E-state index contributed by atoms with van der Waals surface area (Å²) in [6.45, 7) is 3.79. The zero-order valence-corrected chi connectivity index (χ0v) is 14.3. The van der Waals surface area contributed by atoms with Gasteiger partial charge in [0.05, 0.1) is 5.69 Å². The van der Waals surface area contributed by atoms with Gasteiger partial charge in [-0.15, -0.1) is 0 Å². The van der Waals surface area contributed by atoms with Crippen LogP contribution in [0.25, 0.3) is 0 Å². The maximum Gasteiger partial charge on any atom is 0.247 e. The highest BCUT2D eigenvalue weighted by atomic mass is 32.2. The predicted octanol–water partition coefficient (Wildman–Crippen LogP) is 2.46. The third kappa shape index (κ3) is 3.76. The third-order valence-corrected chi connectivity index (χ3v) is 4.97. The van der Waals surface area contributed by atoms with Crippen molar-refractivity contribution in [2.24, 2.45) is 7.05 Å². The van der Waals surface area contributed by atoms with E-state index in [0.717, 1.165) is 41.7 Å². The zero-order valence-electron chi connectivity index (χ0n) is 13.5. The number of hydrogen-bond donors (Lipinski definition) is 1. The number of nitrogens with zero attached hydrogens (tertiary/aromatic N) is 3. The molecule has 0 radical (unpaired) electrons. The predicted molar refractivity (Wildman–Crippen MR) is 94.7 cm³/mol. The number of rotatable bonds is 4. The minimum absolute atomic E-state index is 0.00565. The number of anilines is 1. The molecule has 0 bridgehead atoms. The van der Waals surface area contributed by atoms with Crippen molar-refractivity contribution in [3.63, 3.8) is 0 Å².